The van der Waals surface area contributed by atoms with E-state index in [4.69, 9.17) is 9.52 Å². The van der Waals surface area contributed by atoms with E-state index >= 15 is 0 Å². The largest absolute Gasteiger partial charge is 0.475 e. The SMILES string of the molecule is O=C(O)c1cc2cc(CNCc3ncon3)ccc2o1. The topological polar surface area (TPSA) is 101 Å². The first kappa shape index (κ1) is 12.4. The zero-order chi connectivity index (χ0) is 13.9. The summed E-state index contributed by atoms with van der Waals surface area (Å²) in [4.78, 5) is 14.7. The number of fused-ring (bicyclic) bond motifs is 1. The number of carboxylic acids is 1. The summed E-state index contributed by atoms with van der Waals surface area (Å²) < 4.78 is 9.83. The smallest absolute Gasteiger partial charge is 0.371 e. The second-order valence-corrected chi connectivity index (χ2v) is 4.24. The predicted molar refractivity (Wildman–Crippen MR) is 68.0 cm³/mol. The van der Waals surface area contributed by atoms with E-state index in [2.05, 4.69) is 20.0 Å². The number of nitrogens with zero attached hydrogens (tertiary/aromatic N) is 2. The first-order valence-electron chi connectivity index (χ1n) is 5.94. The van der Waals surface area contributed by atoms with Gasteiger partial charge in [-0.1, -0.05) is 11.2 Å². The van der Waals surface area contributed by atoms with E-state index in [1.54, 1.807) is 6.07 Å². The molecule has 0 aliphatic carbocycles. The molecule has 0 atom stereocenters. The van der Waals surface area contributed by atoms with Crippen LogP contribution in [0.5, 0.6) is 0 Å². The summed E-state index contributed by atoms with van der Waals surface area (Å²) in [6.45, 7) is 1.11. The number of aromatic nitrogens is 2. The Balaban J connectivity index is 1.70. The molecular weight excluding hydrogens is 262 g/mol. The second-order valence-electron chi connectivity index (χ2n) is 4.24. The lowest BCUT2D eigenvalue weighted by atomic mass is 10.1. The molecule has 1 aromatic carbocycles. The van der Waals surface area contributed by atoms with Gasteiger partial charge in [0.2, 0.25) is 12.2 Å². The van der Waals surface area contributed by atoms with E-state index in [1.807, 2.05) is 12.1 Å². The van der Waals surface area contributed by atoms with E-state index in [0.29, 0.717) is 24.5 Å². The zero-order valence-corrected chi connectivity index (χ0v) is 10.4. The van der Waals surface area contributed by atoms with Crippen LogP contribution in [-0.4, -0.2) is 21.2 Å². The highest BCUT2D eigenvalue weighted by Gasteiger charge is 2.10. The summed E-state index contributed by atoms with van der Waals surface area (Å²) in [6.07, 6.45) is 1.28. The first-order valence-corrected chi connectivity index (χ1v) is 5.94. The molecule has 3 aromatic rings. The number of hydrogen-bond donors (Lipinski definition) is 2. The molecular formula is C13H11N3O4. The maximum absolute atomic E-state index is 10.8. The van der Waals surface area contributed by atoms with Gasteiger partial charge in [0.1, 0.15) is 5.58 Å². The van der Waals surface area contributed by atoms with Crippen LogP contribution in [0.1, 0.15) is 21.9 Å². The van der Waals surface area contributed by atoms with Crippen LogP contribution in [0, 0.1) is 0 Å². The minimum atomic E-state index is -1.07. The van der Waals surface area contributed by atoms with Gasteiger partial charge < -0.3 is 19.4 Å². The van der Waals surface area contributed by atoms with Gasteiger partial charge in [0, 0.05) is 11.9 Å². The molecule has 0 unspecified atom stereocenters. The summed E-state index contributed by atoms with van der Waals surface area (Å²) in [5.41, 5.74) is 1.57. The van der Waals surface area contributed by atoms with Crippen molar-refractivity contribution in [1.29, 1.82) is 0 Å². The Kier molecular flexibility index (Phi) is 3.18. The Bertz CT molecular complexity index is 733. The first-order chi connectivity index (χ1) is 9.72. The number of aromatic carboxylic acids is 1. The fourth-order valence-corrected chi connectivity index (χ4v) is 1.90. The van der Waals surface area contributed by atoms with Crippen molar-refractivity contribution in [3.63, 3.8) is 0 Å². The van der Waals surface area contributed by atoms with Crippen LogP contribution >= 0.6 is 0 Å². The Morgan fingerprint density at radius 3 is 2.95 bits per heavy atom. The molecule has 7 heteroatoms. The Labute approximate surface area is 113 Å². The molecule has 3 rings (SSSR count). The summed E-state index contributed by atoms with van der Waals surface area (Å²) in [7, 11) is 0. The second kappa shape index (κ2) is 5.14. The van der Waals surface area contributed by atoms with Crippen molar-refractivity contribution in [1.82, 2.24) is 15.5 Å². The molecule has 20 heavy (non-hydrogen) atoms. The maximum Gasteiger partial charge on any atom is 0.371 e. The van der Waals surface area contributed by atoms with E-state index in [0.717, 1.165) is 10.9 Å². The van der Waals surface area contributed by atoms with Crippen LogP contribution in [0.3, 0.4) is 0 Å². The average molecular weight is 273 g/mol. The third-order valence-electron chi connectivity index (χ3n) is 2.81. The van der Waals surface area contributed by atoms with Crippen molar-refractivity contribution in [2.75, 3.05) is 0 Å². The lowest BCUT2D eigenvalue weighted by Gasteiger charge is -2.02. The molecule has 0 radical (unpaired) electrons. The van der Waals surface area contributed by atoms with Crippen LogP contribution in [0.4, 0.5) is 0 Å². The minimum absolute atomic E-state index is 0.0584. The van der Waals surface area contributed by atoms with E-state index in [1.165, 1.54) is 12.5 Å². The normalized spacial score (nSPS) is 11.0. The molecule has 0 fully saturated rings. The predicted octanol–water partition coefficient (Wildman–Crippen LogP) is 1.80. The number of furan rings is 1. The van der Waals surface area contributed by atoms with Crippen molar-refractivity contribution < 1.29 is 18.8 Å². The fourth-order valence-electron chi connectivity index (χ4n) is 1.90. The third-order valence-corrected chi connectivity index (χ3v) is 2.81. The van der Waals surface area contributed by atoms with Crippen molar-refractivity contribution >= 4 is 16.9 Å². The molecule has 0 saturated heterocycles. The van der Waals surface area contributed by atoms with Gasteiger partial charge in [-0.15, -0.1) is 0 Å². The molecule has 0 bridgehead atoms. The van der Waals surface area contributed by atoms with Crippen LogP contribution in [0.15, 0.2) is 39.6 Å². The van der Waals surface area contributed by atoms with E-state index in [-0.39, 0.29) is 5.76 Å². The number of hydrogen-bond acceptors (Lipinski definition) is 6. The molecule has 0 saturated carbocycles. The molecule has 0 amide bonds. The molecule has 7 nitrogen and oxygen atoms in total. The number of benzene rings is 1. The molecule has 0 aliphatic heterocycles. The van der Waals surface area contributed by atoms with Gasteiger partial charge in [0.15, 0.2) is 5.82 Å². The third kappa shape index (κ3) is 2.52. The summed E-state index contributed by atoms with van der Waals surface area (Å²) in [5.74, 6) is -0.544. The standard InChI is InChI=1S/C13H11N3O4/c17-13(18)11-4-9-3-8(1-2-10(9)20-11)5-14-6-12-15-7-19-16-12/h1-4,7,14H,5-6H2,(H,17,18). The molecule has 0 aliphatic rings. The number of rotatable bonds is 5. The van der Waals surface area contributed by atoms with Crippen molar-refractivity contribution in [3.05, 3.63) is 47.8 Å². The summed E-state index contributed by atoms with van der Waals surface area (Å²) in [6, 6.07) is 7.03. The minimum Gasteiger partial charge on any atom is -0.475 e. The van der Waals surface area contributed by atoms with Gasteiger partial charge in [-0.05, 0) is 23.8 Å². The fraction of sp³-hybridized carbons (Fsp3) is 0.154. The number of carboxylic acid groups (broad SMARTS) is 1. The van der Waals surface area contributed by atoms with E-state index in [9.17, 15) is 4.79 Å². The van der Waals surface area contributed by atoms with Crippen LogP contribution in [0.2, 0.25) is 0 Å². The quantitative estimate of drug-likeness (QED) is 0.730. The Hall–Kier alpha value is -2.67. The van der Waals surface area contributed by atoms with Crippen molar-refractivity contribution in [2.45, 2.75) is 13.1 Å². The Morgan fingerprint density at radius 2 is 2.20 bits per heavy atom. The highest BCUT2D eigenvalue weighted by molar-refractivity contribution is 5.91. The van der Waals surface area contributed by atoms with Gasteiger partial charge in [-0.3, -0.25) is 0 Å². The number of carbonyl (C=O) groups is 1. The maximum atomic E-state index is 10.8. The summed E-state index contributed by atoms with van der Waals surface area (Å²) in [5, 5.41) is 16.5. The molecule has 0 spiro atoms. The summed E-state index contributed by atoms with van der Waals surface area (Å²) >= 11 is 0. The monoisotopic (exact) mass is 273 g/mol. The van der Waals surface area contributed by atoms with Gasteiger partial charge in [-0.25, -0.2) is 4.79 Å². The van der Waals surface area contributed by atoms with Gasteiger partial charge >= 0.3 is 5.97 Å². The molecule has 2 N–H and O–H groups in total. The van der Waals surface area contributed by atoms with Crippen LogP contribution in [-0.2, 0) is 13.1 Å². The van der Waals surface area contributed by atoms with Crippen LogP contribution in [0.25, 0.3) is 11.0 Å². The average Bonchev–Trinajstić information content (AvgIpc) is 3.06. The van der Waals surface area contributed by atoms with Gasteiger partial charge in [0.05, 0.1) is 6.54 Å². The molecule has 2 aromatic heterocycles. The van der Waals surface area contributed by atoms with Gasteiger partial charge in [-0.2, -0.15) is 4.98 Å². The lowest BCUT2D eigenvalue weighted by molar-refractivity contribution is 0.0665. The number of nitrogens with one attached hydrogen (secondary N) is 1. The van der Waals surface area contributed by atoms with E-state index < -0.39 is 5.97 Å². The van der Waals surface area contributed by atoms with Crippen LogP contribution < -0.4 is 5.32 Å². The molecule has 2 heterocycles. The highest BCUT2D eigenvalue weighted by Crippen LogP contribution is 2.20. The Morgan fingerprint density at radius 1 is 1.30 bits per heavy atom. The van der Waals surface area contributed by atoms with Crippen molar-refractivity contribution in [2.24, 2.45) is 0 Å². The zero-order valence-electron chi connectivity index (χ0n) is 10.4. The van der Waals surface area contributed by atoms with Crippen molar-refractivity contribution in [3.8, 4) is 0 Å². The lowest BCUT2D eigenvalue weighted by Crippen LogP contribution is -2.13. The highest BCUT2D eigenvalue weighted by atomic mass is 16.5. The van der Waals surface area contributed by atoms with Gasteiger partial charge in [0.25, 0.3) is 0 Å². The molecule has 102 valence electrons.